The summed E-state index contributed by atoms with van der Waals surface area (Å²) >= 11 is 1.43. The highest BCUT2D eigenvalue weighted by Crippen LogP contribution is 2.26. The van der Waals surface area contributed by atoms with Crippen molar-refractivity contribution >= 4 is 39.4 Å². The average molecular weight is 455 g/mol. The Balaban J connectivity index is 1.86. The Kier molecular flexibility index (Phi) is 5.05. The summed E-state index contributed by atoms with van der Waals surface area (Å²) in [6.07, 6.45) is 6.61. The number of fused-ring (bicyclic) bond motifs is 3. The highest BCUT2D eigenvalue weighted by molar-refractivity contribution is 7.98. The van der Waals surface area contributed by atoms with E-state index in [2.05, 4.69) is 30.0 Å². The first kappa shape index (κ1) is 20.4. The number of pyridine rings is 2. The van der Waals surface area contributed by atoms with Gasteiger partial charge in [0.2, 0.25) is 0 Å². The van der Waals surface area contributed by atoms with Crippen LogP contribution in [0.1, 0.15) is 0 Å². The van der Waals surface area contributed by atoms with Crippen LogP contribution >= 0.6 is 11.8 Å². The van der Waals surface area contributed by atoms with Crippen LogP contribution in [0.15, 0.2) is 74.8 Å². The summed E-state index contributed by atoms with van der Waals surface area (Å²) in [7, 11) is 0. The van der Waals surface area contributed by atoms with E-state index >= 15 is 0 Å². The minimum Gasteiger partial charge on any atom is -0.273 e. The fourth-order valence-electron chi connectivity index (χ4n) is 3.47. The molecule has 5 rings (SSSR count). The van der Waals surface area contributed by atoms with E-state index in [-0.39, 0.29) is 10.9 Å². The van der Waals surface area contributed by atoms with Crippen molar-refractivity contribution in [3.63, 3.8) is 0 Å². The van der Waals surface area contributed by atoms with Crippen LogP contribution in [0.2, 0.25) is 0 Å². The van der Waals surface area contributed by atoms with E-state index in [9.17, 15) is 9.59 Å². The second kappa shape index (κ2) is 8.19. The van der Waals surface area contributed by atoms with Crippen LogP contribution in [0.3, 0.4) is 0 Å². The Morgan fingerprint density at radius 3 is 2.67 bits per heavy atom. The summed E-state index contributed by atoms with van der Waals surface area (Å²) in [5.41, 5.74) is 10.6. The van der Waals surface area contributed by atoms with Gasteiger partial charge in [0.1, 0.15) is 5.52 Å². The molecule has 12 heteroatoms. The van der Waals surface area contributed by atoms with Crippen LogP contribution in [0.25, 0.3) is 49.3 Å². The molecule has 0 aliphatic rings. The molecule has 4 heterocycles. The molecule has 0 fully saturated rings. The van der Waals surface area contributed by atoms with E-state index in [1.54, 1.807) is 48.8 Å². The van der Waals surface area contributed by atoms with Gasteiger partial charge in [-0.05, 0) is 36.1 Å². The summed E-state index contributed by atoms with van der Waals surface area (Å²) in [5, 5.41) is 4.42. The molecule has 0 spiro atoms. The Morgan fingerprint density at radius 1 is 1.09 bits per heavy atom. The lowest BCUT2D eigenvalue weighted by molar-refractivity contribution is 0.943. The van der Waals surface area contributed by atoms with Crippen LogP contribution < -0.4 is 11.2 Å². The molecule has 0 aliphatic heterocycles. The van der Waals surface area contributed by atoms with Gasteiger partial charge >= 0.3 is 5.69 Å². The fourth-order valence-corrected chi connectivity index (χ4v) is 3.79. The third-order valence-corrected chi connectivity index (χ3v) is 5.51. The normalized spacial score (nSPS) is 10.9. The molecule has 33 heavy (non-hydrogen) atoms. The van der Waals surface area contributed by atoms with Crippen molar-refractivity contribution in [2.45, 2.75) is 5.16 Å². The molecule has 1 aromatic carbocycles. The van der Waals surface area contributed by atoms with E-state index in [0.29, 0.717) is 38.8 Å². The van der Waals surface area contributed by atoms with Gasteiger partial charge in [0.15, 0.2) is 5.16 Å². The summed E-state index contributed by atoms with van der Waals surface area (Å²) in [6, 6.07) is 10.00. The maximum Gasteiger partial charge on any atom is 0.333 e. The lowest BCUT2D eigenvalue weighted by Crippen LogP contribution is -2.29. The van der Waals surface area contributed by atoms with Gasteiger partial charge in [0, 0.05) is 34.8 Å². The number of thioether (sulfide) groups is 1. The predicted molar refractivity (Wildman–Crippen MR) is 125 cm³/mol. The Hall–Kier alpha value is -4.54. The Morgan fingerprint density at radius 2 is 1.91 bits per heavy atom. The SMILES string of the molecule is CSc1ncc(-c2ccc3ncc4c(=O)[nH]c(=O)n(-c5cccc(N=[N+]=[N-])c5)c4c3n2)cn1. The molecule has 4 aromatic heterocycles. The minimum absolute atomic E-state index is 0.190. The van der Waals surface area contributed by atoms with Crippen LogP contribution in [-0.2, 0) is 0 Å². The van der Waals surface area contributed by atoms with Crippen molar-refractivity contribution in [3.05, 3.63) is 86.3 Å². The van der Waals surface area contributed by atoms with Crippen LogP contribution in [-0.4, -0.2) is 35.7 Å². The third-order valence-electron chi connectivity index (χ3n) is 4.93. The van der Waals surface area contributed by atoms with Gasteiger partial charge in [0.05, 0.1) is 27.8 Å². The number of aromatic amines is 1. The van der Waals surface area contributed by atoms with Crippen molar-refractivity contribution in [2.75, 3.05) is 6.26 Å². The number of rotatable bonds is 4. The summed E-state index contributed by atoms with van der Waals surface area (Å²) < 4.78 is 1.32. The maximum absolute atomic E-state index is 12.9. The van der Waals surface area contributed by atoms with E-state index in [1.807, 2.05) is 6.26 Å². The zero-order chi connectivity index (χ0) is 22.9. The zero-order valence-electron chi connectivity index (χ0n) is 17.0. The molecule has 160 valence electrons. The molecule has 0 saturated carbocycles. The highest BCUT2D eigenvalue weighted by Gasteiger charge is 2.16. The van der Waals surface area contributed by atoms with Crippen molar-refractivity contribution < 1.29 is 0 Å². The lowest BCUT2D eigenvalue weighted by Gasteiger charge is -2.12. The second-order valence-corrected chi connectivity index (χ2v) is 7.62. The van der Waals surface area contributed by atoms with Crippen LogP contribution in [0.4, 0.5) is 5.69 Å². The molecular weight excluding hydrogens is 442 g/mol. The van der Waals surface area contributed by atoms with E-state index in [0.717, 1.165) is 0 Å². The number of aromatic nitrogens is 6. The van der Waals surface area contributed by atoms with Crippen molar-refractivity contribution in [2.24, 2.45) is 5.11 Å². The topological polar surface area (TPSA) is 155 Å². The monoisotopic (exact) mass is 455 g/mol. The third kappa shape index (κ3) is 3.59. The standard InChI is InChI=1S/C21H13N9O2S/c1-33-20-24-8-11(9-25-20)15-5-6-16-17(26-15)18-14(10-23-16)19(31)27-21(32)30(18)13-4-2-3-12(7-13)28-29-22/h2-10H,1H3,(H,27,31,32). The van der Waals surface area contributed by atoms with Gasteiger partial charge < -0.3 is 0 Å². The summed E-state index contributed by atoms with van der Waals surface area (Å²) in [6.45, 7) is 0. The van der Waals surface area contributed by atoms with E-state index < -0.39 is 11.2 Å². The lowest BCUT2D eigenvalue weighted by atomic mass is 10.1. The first-order valence-corrected chi connectivity index (χ1v) is 10.8. The van der Waals surface area contributed by atoms with Gasteiger partial charge in [-0.25, -0.2) is 19.7 Å². The molecule has 1 N–H and O–H groups in total. The van der Waals surface area contributed by atoms with E-state index in [4.69, 9.17) is 10.5 Å². The number of azide groups is 1. The predicted octanol–water partition coefficient (Wildman–Crippen LogP) is 3.74. The molecule has 0 saturated heterocycles. The number of nitrogens with one attached hydrogen (secondary N) is 1. The minimum atomic E-state index is -0.655. The summed E-state index contributed by atoms with van der Waals surface area (Å²) in [5.74, 6) is 0. The van der Waals surface area contributed by atoms with E-state index in [1.165, 1.54) is 22.5 Å². The number of H-pyrrole nitrogens is 1. The zero-order valence-corrected chi connectivity index (χ0v) is 17.8. The quantitative estimate of drug-likeness (QED) is 0.108. The molecule has 0 radical (unpaired) electrons. The Bertz CT molecular complexity index is 1700. The fraction of sp³-hybridized carbons (Fsp3) is 0.0476. The number of benzene rings is 1. The molecule has 0 amide bonds. The molecular formula is C21H13N9O2S. The molecule has 11 nitrogen and oxygen atoms in total. The Labute approximate surface area is 188 Å². The maximum atomic E-state index is 12.9. The van der Waals surface area contributed by atoms with Crippen LogP contribution in [0, 0.1) is 0 Å². The summed E-state index contributed by atoms with van der Waals surface area (Å²) in [4.78, 5) is 48.2. The van der Waals surface area contributed by atoms with Gasteiger partial charge in [-0.15, -0.1) is 0 Å². The first-order valence-electron chi connectivity index (χ1n) is 9.56. The molecule has 0 unspecified atom stereocenters. The second-order valence-electron chi connectivity index (χ2n) is 6.85. The first-order chi connectivity index (χ1) is 16.1. The van der Waals surface area contributed by atoms with Crippen LogP contribution in [0.5, 0.6) is 0 Å². The molecule has 0 aliphatic carbocycles. The van der Waals surface area contributed by atoms with Crippen molar-refractivity contribution in [1.29, 1.82) is 0 Å². The highest BCUT2D eigenvalue weighted by atomic mass is 32.2. The number of hydrogen-bond donors (Lipinski definition) is 1. The number of hydrogen-bond acceptors (Lipinski definition) is 8. The molecule has 5 aromatic rings. The largest absolute Gasteiger partial charge is 0.333 e. The molecule has 0 atom stereocenters. The van der Waals surface area contributed by atoms with Crippen molar-refractivity contribution in [3.8, 4) is 16.9 Å². The smallest absolute Gasteiger partial charge is 0.273 e. The average Bonchev–Trinajstić information content (AvgIpc) is 2.84. The van der Waals surface area contributed by atoms with Gasteiger partial charge in [-0.1, -0.05) is 29.0 Å². The van der Waals surface area contributed by atoms with Gasteiger partial charge in [-0.2, -0.15) is 0 Å². The van der Waals surface area contributed by atoms with Gasteiger partial charge in [0.25, 0.3) is 5.56 Å². The van der Waals surface area contributed by atoms with Gasteiger partial charge in [-0.3, -0.25) is 19.3 Å². The van der Waals surface area contributed by atoms with Crippen molar-refractivity contribution in [1.82, 2.24) is 29.5 Å². The molecule has 0 bridgehead atoms. The number of nitrogens with zero attached hydrogens (tertiary/aromatic N) is 8.